The van der Waals surface area contributed by atoms with Gasteiger partial charge in [-0.2, -0.15) is 0 Å². The molecular formula is C13H16FN3. The molecule has 17 heavy (non-hydrogen) atoms. The monoisotopic (exact) mass is 233 g/mol. The van der Waals surface area contributed by atoms with Crippen LogP contribution in [0.1, 0.15) is 13.8 Å². The summed E-state index contributed by atoms with van der Waals surface area (Å²) >= 11 is 0. The van der Waals surface area contributed by atoms with Crippen molar-refractivity contribution >= 4 is 5.82 Å². The van der Waals surface area contributed by atoms with Gasteiger partial charge in [0.25, 0.3) is 0 Å². The smallest absolute Gasteiger partial charge is 0.131 e. The Morgan fingerprint density at radius 3 is 2.53 bits per heavy atom. The van der Waals surface area contributed by atoms with Crippen LogP contribution in [-0.2, 0) is 6.54 Å². The predicted octanol–water partition coefficient (Wildman–Crippen LogP) is 2.93. The number of aromatic nitrogens is 2. The van der Waals surface area contributed by atoms with Crippen LogP contribution in [-0.4, -0.2) is 9.55 Å². The molecule has 0 fully saturated rings. The van der Waals surface area contributed by atoms with Crippen molar-refractivity contribution in [3.63, 3.8) is 0 Å². The molecule has 1 aromatic carbocycles. The molecular weight excluding hydrogens is 217 g/mol. The second-order valence-corrected chi connectivity index (χ2v) is 4.53. The lowest BCUT2D eigenvalue weighted by atomic mass is 10.1. The van der Waals surface area contributed by atoms with E-state index in [0.717, 1.165) is 12.1 Å². The van der Waals surface area contributed by atoms with Gasteiger partial charge in [0, 0.05) is 12.1 Å². The Hall–Kier alpha value is -1.84. The van der Waals surface area contributed by atoms with Gasteiger partial charge in [-0.1, -0.05) is 13.8 Å². The maximum absolute atomic E-state index is 12.8. The lowest BCUT2D eigenvalue weighted by Gasteiger charge is -2.08. The zero-order valence-corrected chi connectivity index (χ0v) is 10.0. The Kier molecular flexibility index (Phi) is 3.13. The van der Waals surface area contributed by atoms with Crippen LogP contribution in [0.25, 0.3) is 11.3 Å². The molecule has 1 aromatic heterocycles. The van der Waals surface area contributed by atoms with Crippen LogP contribution < -0.4 is 5.73 Å². The van der Waals surface area contributed by atoms with E-state index in [0.29, 0.717) is 17.4 Å². The number of hydrogen-bond acceptors (Lipinski definition) is 2. The van der Waals surface area contributed by atoms with Crippen LogP contribution >= 0.6 is 0 Å². The van der Waals surface area contributed by atoms with Crippen LogP contribution in [0.15, 0.2) is 30.6 Å². The fraction of sp³-hybridized carbons (Fsp3) is 0.308. The van der Waals surface area contributed by atoms with E-state index < -0.39 is 0 Å². The van der Waals surface area contributed by atoms with Gasteiger partial charge in [-0.25, -0.2) is 9.37 Å². The van der Waals surface area contributed by atoms with Gasteiger partial charge in [0.15, 0.2) is 0 Å². The number of imidazole rings is 1. The highest BCUT2D eigenvalue weighted by Crippen LogP contribution is 2.24. The summed E-state index contributed by atoms with van der Waals surface area (Å²) < 4.78 is 14.7. The molecule has 0 saturated carbocycles. The molecule has 0 spiro atoms. The van der Waals surface area contributed by atoms with Crippen molar-refractivity contribution in [3.05, 3.63) is 36.4 Å². The van der Waals surface area contributed by atoms with Gasteiger partial charge in [-0.3, -0.25) is 0 Å². The van der Waals surface area contributed by atoms with E-state index in [1.165, 1.54) is 12.1 Å². The molecule has 0 aliphatic rings. The Balaban J connectivity index is 2.33. The lowest BCUT2D eigenvalue weighted by molar-refractivity contribution is 0.527. The Morgan fingerprint density at radius 1 is 1.29 bits per heavy atom. The fourth-order valence-electron chi connectivity index (χ4n) is 1.76. The maximum atomic E-state index is 12.8. The molecule has 0 unspecified atom stereocenters. The average Bonchev–Trinajstić information content (AvgIpc) is 2.61. The van der Waals surface area contributed by atoms with Crippen LogP contribution in [0.5, 0.6) is 0 Å². The minimum Gasteiger partial charge on any atom is -0.383 e. The largest absolute Gasteiger partial charge is 0.383 e. The number of halogens is 1. The molecule has 0 radical (unpaired) electrons. The third kappa shape index (κ3) is 2.46. The number of rotatable bonds is 3. The van der Waals surface area contributed by atoms with E-state index in [4.69, 9.17) is 5.73 Å². The Morgan fingerprint density at radius 2 is 1.94 bits per heavy atom. The molecule has 4 heteroatoms. The van der Waals surface area contributed by atoms with Crippen molar-refractivity contribution in [1.29, 1.82) is 0 Å². The van der Waals surface area contributed by atoms with Crippen molar-refractivity contribution in [3.8, 4) is 11.3 Å². The summed E-state index contributed by atoms with van der Waals surface area (Å²) in [6, 6.07) is 6.20. The van der Waals surface area contributed by atoms with Crippen LogP contribution in [0.3, 0.4) is 0 Å². The summed E-state index contributed by atoms with van der Waals surface area (Å²) in [5, 5.41) is 0. The molecule has 0 aliphatic heterocycles. The zero-order chi connectivity index (χ0) is 12.4. The Labute approximate surface area is 100 Å². The number of nitrogens with two attached hydrogens (primary N) is 1. The molecule has 3 nitrogen and oxygen atoms in total. The molecule has 1 heterocycles. The average molecular weight is 233 g/mol. The number of hydrogen-bond donors (Lipinski definition) is 1. The van der Waals surface area contributed by atoms with E-state index in [2.05, 4.69) is 18.8 Å². The quantitative estimate of drug-likeness (QED) is 0.885. The normalized spacial score (nSPS) is 11.1. The van der Waals surface area contributed by atoms with Crippen molar-refractivity contribution in [2.45, 2.75) is 20.4 Å². The third-order valence-electron chi connectivity index (χ3n) is 2.56. The van der Waals surface area contributed by atoms with Crippen molar-refractivity contribution in [1.82, 2.24) is 9.55 Å². The van der Waals surface area contributed by atoms with Crippen molar-refractivity contribution < 1.29 is 4.39 Å². The molecule has 0 atom stereocenters. The molecule has 0 aliphatic carbocycles. The second kappa shape index (κ2) is 4.57. The first kappa shape index (κ1) is 11.6. The second-order valence-electron chi connectivity index (χ2n) is 4.53. The van der Waals surface area contributed by atoms with Gasteiger partial charge >= 0.3 is 0 Å². The summed E-state index contributed by atoms with van der Waals surface area (Å²) in [4.78, 5) is 4.28. The van der Waals surface area contributed by atoms with Crippen LogP contribution in [0.2, 0.25) is 0 Å². The molecule has 0 bridgehead atoms. The van der Waals surface area contributed by atoms with Crippen LogP contribution in [0.4, 0.5) is 10.2 Å². The number of anilines is 1. The van der Waals surface area contributed by atoms with Gasteiger partial charge in [0.1, 0.15) is 17.3 Å². The standard InChI is InChI=1S/C13H16FN3/c1-9(2)7-17-8-16-12(13(17)15)10-3-5-11(14)6-4-10/h3-6,8-9H,7,15H2,1-2H3. The van der Waals surface area contributed by atoms with Gasteiger partial charge in [0.2, 0.25) is 0 Å². The summed E-state index contributed by atoms with van der Waals surface area (Å²) in [6.45, 7) is 5.08. The highest BCUT2D eigenvalue weighted by Gasteiger charge is 2.10. The molecule has 2 aromatic rings. The lowest BCUT2D eigenvalue weighted by Crippen LogP contribution is -2.06. The first-order chi connectivity index (χ1) is 8.08. The minimum absolute atomic E-state index is 0.256. The minimum atomic E-state index is -0.256. The van der Waals surface area contributed by atoms with Gasteiger partial charge < -0.3 is 10.3 Å². The van der Waals surface area contributed by atoms with E-state index in [9.17, 15) is 4.39 Å². The fourth-order valence-corrected chi connectivity index (χ4v) is 1.76. The summed E-state index contributed by atoms with van der Waals surface area (Å²) in [6.07, 6.45) is 1.73. The number of benzene rings is 1. The molecule has 0 saturated heterocycles. The summed E-state index contributed by atoms with van der Waals surface area (Å²) in [5.74, 6) is 0.881. The topological polar surface area (TPSA) is 43.8 Å². The maximum Gasteiger partial charge on any atom is 0.131 e. The molecule has 2 rings (SSSR count). The number of nitrogens with zero attached hydrogens (tertiary/aromatic N) is 2. The first-order valence-corrected chi connectivity index (χ1v) is 5.64. The molecule has 2 N–H and O–H groups in total. The number of nitrogen functional groups attached to an aromatic ring is 1. The zero-order valence-electron chi connectivity index (χ0n) is 10.0. The summed E-state index contributed by atoms with van der Waals surface area (Å²) in [7, 11) is 0. The van der Waals surface area contributed by atoms with Crippen molar-refractivity contribution in [2.75, 3.05) is 5.73 Å². The third-order valence-corrected chi connectivity index (χ3v) is 2.56. The van der Waals surface area contributed by atoms with Crippen molar-refractivity contribution in [2.24, 2.45) is 5.92 Å². The molecule has 0 amide bonds. The molecule has 90 valence electrons. The highest BCUT2D eigenvalue weighted by molar-refractivity contribution is 5.70. The predicted molar refractivity (Wildman–Crippen MR) is 66.9 cm³/mol. The van der Waals surface area contributed by atoms with E-state index >= 15 is 0 Å². The van der Waals surface area contributed by atoms with Gasteiger partial charge in [-0.15, -0.1) is 0 Å². The van der Waals surface area contributed by atoms with Gasteiger partial charge in [0.05, 0.1) is 6.33 Å². The Bertz CT molecular complexity index is 500. The van der Waals surface area contributed by atoms with Gasteiger partial charge in [-0.05, 0) is 30.2 Å². The SMILES string of the molecule is CC(C)Cn1cnc(-c2ccc(F)cc2)c1N. The van der Waals surface area contributed by atoms with E-state index in [-0.39, 0.29) is 5.82 Å². The van der Waals surface area contributed by atoms with E-state index in [1.807, 2.05) is 4.57 Å². The summed E-state index contributed by atoms with van der Waals surface area (Å²) in [5.41, 5.74) is 7.58. The van der Waals surface area contributed by atoms with E-state index in [1.54, 1.807) is 18.5 Å². The highest BCUT2D eigenvalue weighted by atomic mass is 19.1. The first-order valence-electron chi connectivity index (χ1n) is 5.64. The van der Waals surface area contributed by atoms with Crippen LogP contribution in [0, 0.1) is 11.7 Å².